The summed E-state index contributed by atoms with van der Waals surface area (Å²) in [6, 6.07) is 0. The molecule has 5 heteroatoms. The van der Waals surface area contributed by atoms with Gasteiger partial charge in [-0.05, 0) is 12.5 Å². The van der Waals surface area contributed by atoms with Crippen molar-refractivity contribution >= 4 is 5.91 Å². The molecule has 0 aliphatic heterocycles. The van der Waals surface area contributed by atoms with Crippen molar-refractivity contribution < 1.29 is 4.79 Å². The number of nitrogens with zero attached hydrogens (tertiary/aromatic N) is 1. The van der Waals surface area contributed by atoms with Gasteiger partial charge in [0, 0.05) is 5.69 Å². The van der Waals surface area contributed by atoms with Gasteiger partial charge in [0.15, 0.2) is 0 Å². The first-order chi connectivity index (χ1) is 5.24. The van der Waals surface area contributed by atoms with E-state index in [1.165, 1.54) is 0 Å². The molecular formula is C6H10N4O. The first-order valence-electron chi connectivity index (χ1n) is 3.22. The second kappa shape index (κ2) is 3.16. The molecule has 0 bridgehead atoms. The molecule has 0 spiro atoms. The van der Waals surface area contributed by atoms with Gasteiger partial charge in [0.1, 0.15) is 0 Å². The van der Waals surface area contributed by atoms with Gasteiger partial charge in [-0.3, -0.25) is 15.3 Å². The molecule has 1 rings (SSSR count). The number of carbonyl (C=O) groups excluding carboxylic acids is 1. The number of nitrogens with two attached hydrogens (primary N) is 1. The molecule has 60 valence electrons. The summed E-state index contributed by atoms with van der Waals surface area (Å²) in [7, 11) is 0. The highest BCUT2D eigenvalue weighted by Gasteiger charge is 2.04. The normalized spacial score (nSPS) is 9.64. The van der Waals surface area contributed by atoms with Gasteiger partial charge in [0.2, 0.25) is 5.91 Å². The number of nitrogens with one attached hydrogen (secondary N) is 2. The number of aryl methyl sites for hydroxylation is 1. The molecule has 0 saturated heterocycles. The number of hydrogen-bond donors (Lipinski definition) is 3. The van der Waals surface area contributed by atoms with Crippen LogP contribution in [0.1, 0.15) is 11.3 Å². The Bertz CT molecular complexity index is 255. The lowest BCUT2D eigenvalue weighted by atomic mass is 10.2. The van der Waals surface area contributed by atoms with Crippen molar-refractivity contribution in [3.05, 3.63) is 17.5 Å². The topological polar surface area (TPSA) is 83.8 Å². The molecule has 0 aliphatic carbocycles. The number of hydrogen-bond acceptors (Lipinski definition) is 3. The fourth-order valence-corrected chi connectivity index (χ4v) is 0.764. The van der Waals surface area contributed by atoms with Crippen LogP contribution in [0.5, 0.6) is 0 Å². The zero-order valence-electron chi connectivity index (χ0n) is 6.22. The number of hydrazine groups is 1. The molecule has 0 atom stereocenters. The van der Waals surface area contributed by atoms with E-state index in [2.05, 4.69) is 10.2 Å². The van der Waals surface area contributed by atoms with E-state index in [1.807, 2.05) is 12.3 Å². The molecule has 0 aliphatic rings. The quantitative estimate of drug-likeness (QED) is 0.298. The van der Waals surface area contributed by atoms with E-state index in [4.69, 9.17) is 5.84 Å². The third kappa shape index (κ3) is 1.78. The first kappa shape index (κ1) is 7.74. The summed E-state index contributed by atoms with van der Waals surface area (Å²) in [6.45, 7) is 1.88. The van der Waals surface area contributed by atoms with E-state index in [-0.39, 0.29) is 12.3 Å². The molecule has 1 aromatic heterocycles. The summed E-state index contributed by atoms with van der Waals surface area (Å²) in [6.07, 6.45) is 1.92. The number of aromatic nitrogens is 2. The molecule has 4 N–H and O–H groups in total. The molecule has 0 saturated carbocycles. The first-order valence-corrected chi connectivity index (χ1v) is 3.22. The summed E-state index contributed by atoms with van der Waals surface area (Å²) in [5.41, 5.74) is 3.81. The third-order valence-electron chi connectivity index (χ3n) is 1.43. The molecule has 11 heavy (non-hydrogen) atoms. The second-order valence-electron chi connectivity index (χ2n) is 2.28. The Morgan fingerprint density at radius 1 is 1.91 bits per heavy atom. The Labute approximate surface area is 63.9 Å². The molecule has 0 fully saturated rings. The minimum Gasteiger partial charge on any atom is -0.294 e. The van der Waals surface area contributed by atoms with E-state index in [9.17, 15) is 4.79 Å². The zero-order valence-corrected chi connectivity index (χ0v) is 6.22. The lowest BCUT2D eigenvalue weighted by molar-refractivity contribution is -0.120. The summed E-state index contributed by atoms with van der Waals surface area (Å²) in [5, 5.41) is 6.47. The second-order valence-corrected chi connectivity index (χ2v) is 2.28. The monoisotopic (exact) mass is 154 g/mol. The van der Waals surface area contributed by atoms with E-state index in [0.29, 0.717) is 0 Å². The molecule has 0 aromatic carbocycles. The average molecular weight is 154 g/mol. The summed E-state index contributed by atoms with van der Waals surface area (Å²) in [5.74, 6) is 4.68. The van der Waals surface area contributed by atoms with Crippen LogP contribution in [0.15, 0.2) is 6.20 Å². The average Bonchev–Trinajstić information content (AvgIpc) is 2.37. The Kier molecular flexibility index (Phi) is 2.22. The fourth-order valence-electron chi connectivity index (χ4n) is 0.764. The number of amides is 1. The van der Waals surface area contributed by atoms with Crippen LogP contribution in [0.3, 0.4) is 0 Å². The van der Waals surface area contributed by atoms with Gasteiger partial charge >= 0.3 is 0 Å². The van der Waals surface area contributed by atoms with E-state index in [1.54, 1.807) is 6.20 Å². The van der Waals surface area contributed by atoms with Crippen LogP contribution >= 0.6 is 0 Å². The molecule has 1 amide bonds. The van der Waals surface area contributed by atoms with Crippen LogP contribution in [0.2, 0.25) is 0 Å². The van der Waals surface area contributed by atoms with Gasteiger partial charge in [-0.2, -0.15) is 5.10 Å². The van der Waals surface area contributed by atoms with Gasteiger partial charge in [-0.1, -0.05) is 0 Å². The van der Waals surface area contributed by atoms with Crippen molar-refractivity contribution in [1.82, 2.24) is 15.6 Å². The predicted octanol–water partition coefficient (Wildman–Crippen LogP) is -0.749. The number of rotatable bonds is 2. The maximum absolute atomic E-state index is 10.7. The molecule has 0 radical (unpaired) electrons. The highest BCUT2D eigenvalue weighted by Crippen LogP contribution is 2.01. The third-order valence-corrected chi connectivity index (χ3v) is 1.43. The van der Waals surface area contributed by atoms with Crippen molar-refractivity contribution in [1.29, 1.82) is 0 Å². The number of aromatic amines is 1. The molecule has 5 nitrogen and oxygen atoms in total. The Hall–Kier alpha value is -1.36. The molecule has 0 unspecified atom stereocenters. The largest absolute Gasteiger partial charge is 0.294 e. The smallest absolute Gasteiger partial charge is 0.239 e. The highest BCUT2D eigenvalue weighted by molar-refractivity contribution is 5.77. The van der Waals surface area contributed by atoms with Gasteiger partial charge in [-0.25, -0.2) is 5.84 Å². The van der Waals surface area contributed by atoms with Crippen molar-refractivity contribution in [2.75, 3.05) is 0 Å². The lowest BCUT2D eigenvalue weighted by Crippen LogP contribution is -2.31. The summed E-state index contributed by atoms with van der Waals surface area (Å²) >= 11 is 0. The van der Waals surface area contributed by atoms with Crippen LogP contribution in [0.4, 0.5) is 0 Å². The van der Waals surface area contributed by atoms with Crippen molar-refractivity contribution in [3.63, 3.8) is 0 Å². The van der Waals surface area contributed by atoms with Gasteiger partial charge in [0.25, 0.3) is 0 Å². The molecule has 1 aromatic rings. The minimum atomic E-state index is -0.225. The predicted molar refractivity (Wildman–Crippen MR) is 39.4 cm³/mol. The number of carbonyl (C=O) groups is 1. The van der Waals surface area contributed by atoms with Crippen molar-refractivity contribution in [2.24, 2.45) is 5.84 Å². The zero-order chi connectivity index (χ0) is 8.27. The Balaban J connectivity index is 2.64. The molecular weight excluding hydrogens is 144 g/mol. The van der Waals surface area contributed by atoms with Crippen LogP contribution in [0, 0.1) is 6.92 Å². The van der Waals surface area contributed by atoms with E-state index in [0.717, 1.165) is 11.3 Å². The lowest BCUT2D eigenvalue weighted by Gasteiger charge is -1.96. The SMILES string of the molecule is Cc1cn[nH]c1CC(=O)NN. The van der Waals surface area contributed by atoms with Gasteiger partial charge in [-0.15, -0.1) is 0 Å². The van der Waals surface area contributed by atoms with Crippen LogP contribution in [-0.4, -0.2) is 16.1 Å². The van der Waals surface area contributed by atoms with Crippen LogP contribution in [0.25, 0.3) is 0 Å². The summed E-state index contributed by atoms with van der Waals surface area (Å²) in [4.78, 5) is 10.7. The number of H-pyrrole nitrogens is 1. The van der Waals surface area contributed by atoms with Crippen molar-refractivity contribution in [2.45, 2.75) is 13.3 Å². The highest BCUT2D eigenvalue weighted by atomic mass is 16.2. The maximum Gasteiger partial charge on any atom is 0.239 e. The minimum absolute atomic E-state index is 0.225. The Morgan fingerprint density at radius 2 is 2.64 bits per heavy atom. The maximum atomic E-state index is 10.7. The van der Waals surface area contributed by atoms with E-state index >= 15 is 0 Å². The molecule has 1 heterocycles. The van der Waals surface area contributed by atoms with Crippen LogP contribution in [-0.2, 0) is 11.2 Å². The summed E-state index contributed by atoms with van der Waals surface area (Å²) < 4.78 is 0. The van der Waals surface area contributed by atoms with Gasteiger partial charge < -0.3 is 0 Å². The Morgan fingerprint density at radius 3 is 3.09 bits per heavy atom. The van der Waals surface area contributed by atoms with Crippen molar-refractivity contribution in [3.8, 4) is 0 Å². The van der Waals surface area contributed by atoms with Gasteiger partial charge in [0.05, 0.1) is 12.6 Å². The van der Waals surface area contributed by atoms with Crippen LogP contribution < -0.4 is 11.3 Å². The van der Waals surface area contributed by atoms with E-state index < -0.39 is 0 Å². The standard InChI is InChI=1S/C6H10N4O/c1-4-3-8-10-5(4)2-6(11)9-7/h3H,2,7H2,1H3,(H,8,10)(H,9,11). The fraction of sp³-hybridized carbons (Fsp3) is 0.333.